The average Bonchev–Trinajstić information content (AvgIpc) is 3.42. The maximum atomic E-state index is 13.5. The van der Waals surface area contributed by atoms with Crippen LogP contribution in [0.5, 0.6) is 0 Å². The first kappa shape index (κ1) is 22.1. The molecule has 5 rings (SSSR count). The Hall–Kier alpha value is -2.68. The molecule has 4 heterocycles. The minimum Gasteiger partial charge on any atom is -0.356 e. The van der Waals surface area contributed by atoms with Gasteiger partial charge in [0.15, 0.2) is 0 Å². The lowest BCUT2D eigenvalue weighted by atomic mass is 10.2. The van der Waals surface area contributed by atoms with Crippen LogP contribution in [0.25, 0.3) is 11.7 Å². The van der Waals surface area contributed by atoms with E-state index in [1.807, 2.05) is 37.3 Å². The molecule has 2 aliphatic heterocycles. The summed E-state index contributed by atoms with van der Waals surface area (Å²) in [5.41, 5.74) is 2.59. The summed E-state index contributed by atoms with van der Waals surface area (Å²) in [5.74, 6) is 0.392. The van der Waals surface area contributed by atoms with Crippen molar-refractivity contribution < 1.29 is 4.79 Å². The van der Waals surface area contributed by atoms with Crippen molar-refractivity contribution in [2.45, 2.75) is 26.3 Å². The van der Waals surface area contributed by atoms with Crippen LogP contribution >= 0.6 is 35.6 Å². The number of hydrogen-bond acceptors (Lipinski definition) is 6. The van der Waals surface area contributed by atoms with Gasteiger partial charge in [0.1, 0.15) is 15.8 Å². The molecule has 2 aliphatic rings. The van der Waals surface area contributed by atoms with E-state index >= 15 is 0 Å². The third-order valence-electron chi connectivity index (χ3n) is 5.83. The van der Waals surface area contributed by atoms with Crippen LogP contribution < -0.4 is 10.5 Å². The number of carbonyl (C=O) groups is 1. The number of halogens is 1. The van der Waals surface area contributed by atoms with E-state index in [9.17, 15) is 9.59 Å². The number of amides is 1. The van der Waals surface area contributed by atoms with Gasteiger partial charge in [-0.15, -0.1) is 0 Å². The number of benzene rings is 1. The maximum absolute atomic E-state index is 13.5. The second-order valence-corrected chi connectivity index (χ2v) is 10.2. The standard InChI is InChI=1S/C24H21ClN4O2S2/c1-15-8-9-20-26-21(27-10-4-5-11-27)17(22(30)28(20)13-15)12-19-23(31)29(24(32)33-19)14-16-6-2-3-7-18(16)25/h2-3,6-9,12-13H,4-5,10-11,14H2,1H3/b19-12+. The highest BCUT2D eigenvalue weighted by atomic mass is 35.5. The van der Waals surface area contributed by atoms with E-state index < -0.39 is 0 Å². The largest absolute Gasteiger partial charge is 0.356 e. The van der Waals surface area contributed by atoms with E-state index in [1.165, 1.54) is 16.7 Å². The van der Waals surface area contributed by atoms with Gasteiger partial charge < -0.3 is 4.90 Å². The van der Waals surface area contributed by atoms with E-state index in [1.54, 1.807) is 22.7 Å². The summed E-state index contributed by atoms with van der Waals surface area (Å²) in [6, 6.07) is 11.2. The summed E-state index contributed by atoms with van der Waals surface area (Å²) in [5, 5.41) is 0.583. The van der Waals surface area contributed by atoms with Gasteiger partial charge in [-0.05, 0) is 49.1 Å². The number of hydrogen-bond donors (Lipinski definition) is 0. The second kappa shape index (κ2) is 8.93. The molecule has 0 aliphatic carbocycles. The first-order chi connectivity index (χ1) is 15.9. The zero-order chi connectivity index (χ0) is 23.1. The first-order valence-corrected chi connectivity index (χ1v) is 12.3. The fourth-order valence-corrected chi connectivity index (χ4v) is 5.54. The number of rotatable bonds is 4. The molecule has 0 N–H and O–H groups in total. The smallest absolute Gasteiger partial charge is 0.267 e. The Morgan fingerprint density at radius 2 is 1.91 bits per heavy atom. The van der Waals surface area contributed by atoms with E-state index in [0.29, 0.717) is 31.3 Å². The number of thioether (sulfide) groups is 1. The van der Waals surface area contributed by atoms with Crippen molar-refractivity contribution in [1.82, 2.24) is 14.3 Å². The predicted octanol–water partition coefficient (Wildman–Crippen LogP) is 4.66. The number of thiocarbonyl (C=S) groups is 1. The summed E-state index contributed by atoms with van der Waals surface area (Å²) in [6.45, 7) is 3.89. The molecule has 0 spiro atoms. The van der Waals surface area contributed by atoms with Crippen LogP contribution in [0.1, 0.15) is 29.5 Å². The third kappa shape index (κ3) is 4.18. The van der Waals surface area contributed by atoms with Gasteiger partial charge in [-0.3, -0.25) is 18.9 Å². The van der Waals surface area contributed by atoms with Gasteiger partial charge in [-0.25, -0.2) is 4.98 Å². The lowest BCUT2D eigenvalue weighted by molar-refractivity contribution is -0.122. The molecule has 2 fully saturated rings. The minimum absolute atomic E-state index is 0.193. The lowest BCUT2D eigenvalue weighted by Gasteiger charge is -2.19. The fourth-order valence-electron chi connectivity index (χ4n) is 4.11. The normalized spacial score (nSPS) is 17.7. The van der Waals surface area contributed by atoms with Crippen LogP contribution in [0.3, 0.4) is 0 Å². The SMILES string of the molecule is Cc1ccc2nc(N3CCCC3)c(/C=C3/SC(=S)N(Cc4ccccc4Cl)C3=O)c(=O)n2c1. The zero-order valence-corrected chi connectivity index (χ0v) is 20.3. The van der Waals surface area contributed by atoms with Gasteiger partial charge in [0.2, 0.25) is 0 Å². The van der Waals surface area contributed by atoms with E-state index in [4.69, 9.17) is 28.8 Å². The molecular weight excluding hydrogens is 476 g/mol. The average molecular weight is 497 g/mol. The zero-order valence-electron chi connectivity index (χ0n) is 18.0. The van der Waals surface area contributed by atoms with Crippen molar-refractivity contribution in [3.63, 3.8) is 0 Å². The topological polar surface area (TPSA) is 57.9 Å². The number of nitrogens with zero attached hydrogens (tertiary/aromatic N) is 4. The lowest BCUT2D eigenvalue weighted by Crippen LogP contribution is -2.28. The quantitative estimate of drug-likeness (QED) is 0.387. The van der Waals surface area contributed by atoms with E-state index in [-0.39, 0.29) is 18.0 Å². The number of aryl methyl sites for hydroxylation is 1. The Bertz CT molecular complexity index is 1380. The number of carbonyl (C=O) groups excluding carboxylic acids is 1. The van der Waals surface area contributed by atoms with Crippen LogP contribution in [0.2, 0.25) is 5.02 Å². The molecule has 0 bridgehead atoms. The van der Waals surface area contributed by atoms with Gasteiger partial charge in [0, 0.05) is 24.3 Å². The molecule has 0 unspecified atom stereocenters. The Morgan fingerprint density at radius 3 is 2.67 bits per heavy atom. The van der Waals surface area contributed by atoms with Crippen LogP contribution in [0.4, 0.5) is 5.82 Å². The molecule has 168 valence electrons. The molecule has 0 saturated carbocycles. The Balaban J connectivity index is 1.58. The van der Waals surface area contributed by atoms with Gasteiger partial charge in [0.05, 0.1) is 17.0 Å². The van der Waals surface area contributed by atoms with Crippen molar-refractivity contribution in [2.24, 2.45) is 0 Å². The minimum atomic E-state index is -0.231. The number of fused-ring (bicyclic) bond motifs is 1. The molecule has 2 aromatic heterocycles. The molecule has 0 atom stereocenters. The summed E-state index contributed by atoms with van der Waals surface area (Å²) >= 11 is 13.0. The molecule has 6 nitrogen and oxygen atoms in total. The maximum Gasteiger partial charge on any atom is 0.267 e. The summed E-state index contributed by atoms with van der Waals surface area (Å²) in [6.07, 6.45) is 5.53. The summed E-state index contributed by atoms with van der Waals surface area (Å²) < 4.78 is 1.99. The van der Waals surface area contributed by atoms with Crippen LogP contribution in [0, 0.1) is 6.92 Å². The van der Waals surface area contributed by atoms with Crippen molar-refractivity contribution in [3.8, 4) is 0 Å². The van der Waals surface area contributed by atoms with Crippen molar-refractivity contribution in [3.05, 3.63) is 79.6 Å². The summed E-state index contributed by atoms with van der Waals surface area (Å²) in [4.78, 5) is 35.6. The van der Waals surface area contributed by atoms with Crippen molar-refractivity contribution in [2.75, 3.05) is 18.0 Å². The van der Waals surface area contributed by atoms with E-state index in [2.05, 4.69) is 4.90 Å². The van der Waals surface area contributed by atoms with Crippen molar-refractivity contribution in [1.29, 1.82) is 0 Å². The molecule has 3 aromatic rings. The Labute approximate surface area is 205 Å². The van der Waals surface area contributed by atoms with Crippen LogP contribution in [-0.4, -0.2) is 37.6 Å². The molecule has 9 heteroatoms. The Morgan fingerprint density at radius 1 is 1.15 bits per heavy atom. The van der Waals surface area contributed by atoms with E-state index in [0.717, 1.165) is 37.1 Å². The highest BCUT2D eigenvalue weighted by molar-refractivity contribution is 8.26. The molecule has 1 aromatic carbocycles. The van der Waals surface area contributed by atoms with Gasteiger partial charge in [-0.2, -0.15) is 0 Å². The predicted molar refractivity (Wildman–Crippen MR) is 138 cm³/mol. The number of anilines is 1. The fraction of sp³-hybridized carbons (Fsp3) is 0.250. The molecular formula is C24H21ClN4O2S2. The van der Waals surface area contributed by atoms with Crippen LogP contribution in [-0.2, 0) is 11.3 Å². The third-order valence-corrected chi connectivity index (χ3v) is 7.57. The van der Waals surface area contributed by atoms with Gasteiger partial charge in [-0.1, -0.05) is 59.8 Å². The highest BCUT2D eigenvalue weighted by Crippen LogP contribution is 2.35. The monoisotopic (exact) mass is 496 g/mol. The molecule has 1 amide bonds. The first-order valence-electron chi connectivity index (χ1n) is 10.7. The van der Waals surface area contributed by atoms with Gasteiger partial charge in [0.25, 0.3) is 11.5 Å². The highest BCUT2D eigenvalue weighted by Gasteiger charge is 2.33. The Kier molecular flexibility index (Phi) is 5.99. The number of aromatic nitrogens is 2. The second-order valence-electron chi connectivity index (χ2n) is 8.14. The molecule has 2 saturated heterocycles. The van der Waals surface area contributed by atoms with Crippen LogP contribution in [0.15, 0.2) is 52.3 Å². The summed E-state index contributed by atoms with van der Waals surface area (Å²) in [7, 11) is 0. The van der Waals surface area contributed by atoms with Gasteiger partial charge >= 0.3 is 0 Å². The number of pyridine rings is 1. The molecule has 33 heavy (non-hydrogen) atoms. The molecule has 0 radical (unpaired) electrons. The van der Waals surface area contributed by atoms with Crippen molar-refractivity contribution >= 4 is 63.3 Å².